The molecule has 0 fully saturated rings. The molecule has 0 unspecified atom stereocenters. The monoisotopic (exact) mass is 278 g/mol. The molecule has 0 saturated carbocycles. The van der Waals surface area contributed by atoms with Crippen LogP contribution in [0.4, 0.5) is 0 Å². The number of imidazole rings is 1. The van der Waals surface area contributed by atoms with Gasteiger partial charge in [-0.15, -0.1) is 0 Å². The van der Waals surface area contributed by atoms with Gasteiger partial charge in [-0.05, 0) is 13.3 Å². The number of unbranched alkanes of at least 4 members (excludes halogenated alkanes) is 3. The van der Waals surface area contributed by atoms with Gasteiger partial charge in [0.2, 0.25) is 0 Å². The summed E-state index contributed by atoms with van der Waals surface area (Å²) in [6, 6.07) is -0.0915. The molecule has 0 spiro atoms. The number of fused-ring (bicyclic) bond motifs is 1. The largest absolute Gasteiger partial charge is 0.391 e. The normalized spacial score (nSPS) is 14.6. The molecule has 0 aliphatic carbocycles. The Morgan fingerprint density at radius 2 is 2.15 bits per heavy atom. The second-order valence-corrected chi connectivity index (χ2v) is 5.21. The van der Waals surface area contributed by atoms with Crippen LogP contribution in [0, 0.1) is 0 Å². The molecule has 0 radical (unpaired) electrons. The molecule has 0 aliphatic heterocycles. The molecule has 0 aliphatic rings. The number of aromatic amines is 1. The van der Waals surface area contributed by atoms with Gasteiger partial charge in [0.1, 0.15) is 0 Å². The standard InChI is InChI=1S/C14H22N4O2/c1-3-4-5-6-7-11(10(2)19)18-9-17-12-13(18)15-8-16-14(12)20/h8-11,19H,3-7H2,1-2H3,(H,15,16,20)/t10-,11+/m1/s1. The lowest BCUT2D eigenvalue weighted by Crippen LogP contribution is -2.21. The van der Waals surface area contributed by atoms with Crippen LogP contribution >= 0.6 is 0 Å². The van der Waals surface area contributed by atoms with E-state index in [2.05, 4.69) is 21.9 Å². The smallest absolute Gasteiger partial charge is 0.278 e. The Morgan fingerprint density at radius 3 is 2.85 bits per heavy atom. The Labute approximate surface area is 117 Å². The average Bonchev–Trinajstić information content (AvgIpc) is 2.84. The van der Waals surface area contributed by atoms with Gasteiger partial charge >= 0.3 is 0 Å². The molecule has 2 aromatic rings. The number of H-pyrrole nitrogens is 1. The average molecular weight is 278 g/mol. The van der Waals surface area contributed by atoms with E-state index in [0.717, 1.165) is 19.3 Å². The van der Waals surface area contributed by atoms with Gasteiger partial charge in [-0.1, -0.05) is 32.6 Å². The van der Waals surface area contributed by atoms with Crippen molar-refractivity contribution in [3.8, 4) is 0 Å². The molecule has 0 bridgehead atoms. The molecule has 20 heavy (non-hydrogen) atoms. The van der Waals surface area contributed by atoms with Crippen molar-refractivity contribution in [2.24, 2.45) is 0 Å². The van der Waals surface area contributed by atoms with Crippen molar-refractivity contribution in [3.63, 3.8) is 0 Å². The third-order valence-electron chi connectivity index (χ3n) is 3.63. The van der Waals surface area contributed by atoms with Crippen LogP contribution in [0.25, 0.3) is 11.2 Å². The first-order chi connectivity index (χ1) is 9.65. The molecule has 2 N–H and O–H groups in total. The number of hydrogen-bond acceptors (Lipinski definition) is 4. The van der Waals surface area contributed by atoms with Gasteiger partial charge in [-0.2, -0.15) is 0 Å². The van der Waals surface area contributed by atoms with Gasteiger partial charge in [0.15, 0.2) is 11.2 Å². The molecule has 110 valence electrons. The maximum absolute atomic E-state index is 11.6. The van der Waals surface area contributed by atoms with Crippen molar-refractivity contribution in [1.82, 2.24) is 19.5 Å². The Morgan fingerprint density at radius 1 is 1.35 bits per heavy atom. The van der Waals surface area contributed by atoms with Crippen LogP contribution in [0.2, 0.25) is 0 Å². The Bertz CT molecular complexity index is 602. The molecule has 2 rings (SSSR count). The number of nitrogens with zero attached hydrogens (tertiary/aromatic N) is 3. The maximum atomic E-state index is 11.6. The van der Waals surface area contributed by atoms with E-state index in [0.29, 0.717) is 11.2 Å². The summed E-state index contributed by atoms with van der Waals surface area (Å²) in [6.45, 7) is 3.94. The lowest BCUT2D eigenvalue weighted by Gasteiger charge is -2.21. The highest BCUT2D eigenvalue weighted by Gasteiger charge is 2.20. The predicted octanol–water partition coefficient (Wildman–Crippen LogP) is 2.01. The van der Waals surface area contributed by atoms with Crippen LogP contribution in [0.5, 0.6) is 0 Å². The molecule has 6 heteroatoms. The fourth-order valence-electron chi connectivity index (χ4n) is 2.50. The van der Waals surface area contributed by atoms with Gasteiger partial charge < -0.3 is 14.7 Å². The SMILES string of the molecule is CCCCCC[C@@H]([C@@H](C)O)n1cnc2c(=O)[nH]cnc21. The number of aliphatic hydroxyl groups is 1. The van der Waals surface area contributed by atoms with E-state index in [1.165, 1.54) is 19.2 Å². The van der Waals surface area contributed by atoms with E-state index < -0.39 is 6.10 Å². The third-order valence-corrected chi connectivity index (χ3v) is 3.63. The van der Waals surface area contributed by atoms with Gasteiger partial charge in [0, 0.05) is 0 Å². The minimum atomic E-state index is -0.505. The number of aromatic nitrogens is 4. The zero-order chi connectivity index (χ0) is 14.5. The molecule has 6 nitrogen and oxygen atoms in total. The van der Waals surface area contributed by atoms with Gasteiger partial charge in [0.05, 0.1) is 24.8 Å². The summed E-state index contributed by atoms with van der Waals surface area (Å²) in [6.07, 6.45) is 7.92. The van der Waals surface area contributed by atoms with Crippen molar-refractivity contribution in [1.29, 1.82) is 0 Å². The molecule has 0 saturated heterocycles. The summed E-state index contributed by atoms with van der Waals surface area (Å²) >= 11 is 0. The summed E-state index contributed by atoms with van der Waals surface area (Å²) in [5.41, 5.74) is 0.617. The highest BCUT2D eigenvalue weighted by molar-refractivity contribution is 5.68. The number of aliphatic hydroxyl groups excluding tert-OH is 1. The lowest BCUT2D eigenvalue weighted by atomic mass is 10.0. The zero-order valence-electron chi connectivity index (χ0n) is 12.0. The summed E-state index contributed by atoms with van der Waals surface area (Å²) in [7, 11) is 0. The molecule has 0 amide bonds. The second-order valence-electron chi connectivity index (χ2n) is 5.21. The first-order valence-electron chi connectivity index (χ1n) is 7.23. The van der Waals surface area contributed by atoms with Gasteiger partial charge in [0.25, 0.3) is 5.56 Å². The van der Waals surface area contributed by atoms with Gasteiger partial charge in [-0.3, -0.25) is 4.79 Å². The van der Waals surface area contributed by atoms with Crippen molar-refractivity contribution < 1.29 is 5.11 Å². The molecular formula is C14H22N4O2. The predicted molar refractivity (Wildman–Crippen MR) is 77.6 cm³/mol. The van der Waals surface area contributed by atoms with E-state index in [9.17, 15) is 9.90 Å². The van der Waals surface area contributed by atoms with Crippen LogP contribution < -0.4 is 5.56 Å². The maximum Gasteiger partial charge on any atom is 0.278 e. The highest BCUT2D eigenvalue weighted by atomic mass is 16.3. The summed E-state index contributed by atoms with van der Waals surface area (Å²) in [4.78, 5) is 22.5. The fraction of sp³-hybridized carbons (Fsp3) is 0.643. The summed E-state index contributed by atoms with van der Waals surface area (Å²) in [5.74, 6) is 0. The third kappa shape index (κ3) is 3.07. The van der Waals surface area contributed by atoms with Crippen LogP contribution in [-0.4, -0.2) is 30.7 Å². The molecular weight excluding hydrogens is 256 g/mol. The molecule has 2 atom stereocenters. The van der Waals surface area contributed by atoms with Crippen molar-refractivity contribution >= 4 is 11.2 Å². The van der Waals surface area contributed by atoms with Crippen LogP contribution in [0.15, 0.2) is 17.4 Å². The van der Waals surface area contributed by atoms with E-state index in [1.807, 2.05) is 4.57 Å². The minimum Gasteiger partial charge on any atom is -0.391 e. The highest BCUT2D eigenvalue weighted by Crippen LogP contribution is 2.23. The van der Waals surface area contributed by atoms with E-state index in [4.69, 9.17) is 0 Å². The zero-order valence-corrected chi connectivity index (χ0v) is 12.0. The van der Waals surface area contributed by atoms with Crippen molar-refractivity contribution in [2.45, 2.75) is 58.1 Å². The van der Waals surface area contributed by atoms with Crippen molar-refractivity contribution in [3.05, 3.63) is 23.0 Å². The Hall–Kier alpha value is -1.69. The van der Waals surface area contributed by atoms with E-state index in [1.54, 1.807) is 13.3 Å². The molecule has 0 aromatic carbocycles. The molecule has 2 heterocycles. The Kier molecular flexibility index (Phi) is 4.89. The van der Waals surface area contributed by atoms with E-state index in [-0.39, 0.29) is 11.6 Å². The van der Waals surface area contributed by atoms with Crippen LogP contribution in [0.3, 0.4) is 0 Å². The summed E-state index contributed by atoms with van der Waals surface area (Å²) < 4.78 is 1.82. The molecule has 2 aromatic heterocycles. The van der Waals surface area contributed by atoms with Crippen LogP contribution in [-0.2, 0) is 0 Å². The Balaban J connectivity index is 2.23. The topological polar surface area (TPSA) is 83.8 Å². The number of hydrogen-bond donors (Lipinski definition) is 2. The van der Waals surface area contributed by atoms with E-state index >= 15 is 0 Å². The van der Waals surface area contributed by atoms with Gasteiger partial charge in [-0.25, -0.2) is 9.97 Å². The quantitative estimate of drug-likeness (QED) is 0.759. The summed E-state index contributed by atoms with van der Waals surface area (Å²) in [5, 5.41) is 10.0. The first kappa shape index (κ1) is 14.7. The van der Waals surface area contributed by atoms with Crippen LogP contribution in [0.1, 0.15) is 52.0 Å². The first-order valence-corrected chi connectivity index (χ1v) is 7.23. The minimum absolute atomic E-state index is 0.0915. The van der Waals surface area contributed by atoms with Crippen molar-refractivity contribution in [2.75, 3.05) is 0 Å². The number of rotatable bonds is 7. The lowest BCUT2D eigenvalue weighted by molar-refractivity contribution is 0.124. The fourth-order valence-corrected chi connectivity index (χ4v) is 2.50. The second kappa shape index (κ2) is 6.65. The number of nitrogens with one attached hydrogen (secondary N) is 1.